The van der Waals surface area contributed by atoms with Crippen molar-refractivity contribution in [2.75, 3.05) is 26.9 Å². The lowest BCUT2D eigenvalue weighted by atomic mass is 10.1. The van der Waals surface area contributed by atoms with E-state index in [0.29, 0.717) is 24.7 Å². The second-order valence-corrected chi connectivity index (χ2v) is 8.04. The number of amides is 1. The third kappa shape index (κ3) is 7.95. The van der Waals surface area contributed by atoms with Crippen molar-refractivity contribution < 1.29 is 19.0 Å². The van der Waals surface area contributed by atoms with E-state index in [1.165, 1.54) is 5.56 Å². The Kier molecular flexibility index (Phi) is 8.99. The first kappa shape index (κ1) is 23.5. The average Bonchev–Trinajstić information content (AvgIpc) is 2.70. The van der Waals surface area contributed by atoms with Crippen molar-refractivity contribution in [2.45, 2.75) is 46.2 Å². The van der Waals surface area contributed by atoms with Crippen LogP contribution in [0.15, 0.2) is 42.5 Å². The number of benzene rings is 2. The number of ether oxygens (including phenoxy) is 3. The van der Waals surface area contributed by atoms with Gasteiger partial charge in [-0.3, -0.25) is 4.79 Å². The SMILES string of the molecule is CCOc1cc(CNCCc2ccccc2OC)ccc1OCC(=O)NC(C)(C)C. The normalized spacial score (nSPS) is 11.1. The molecule has 0 unspecified atom stereocenters. The van der Waals surface area contributed by atoms with Gasteiger partial charge in [0, 0.05) is 12.1 Å². The topological polar surface area (TPSA) is 68.8 Å². The van der Waals surface area contributed by atoms with Gasteiger partial charge in [-0.05, 0) is 70.0 Å². The van der Waals surface area contributed by atoms with E-state index in [1.807, 2.05) is 64.1 Å². The molecule has 0 saturated heterocycles. The highest BCUT2D eigenvalue weighted by Crippen LogP contribution is 2.28. The Morgan fingerprint density at radius 3 is 2.47 bits per heavy atom. The predicted octanol–water partition coefficient (Wildman–Crippen LogP) is 3.72. The van der Waals surface area contributed by atoms with E-state index in [9.17, 15) is 4.79 Å². The summed E-state index contributed by atoms with van der Waals surface area (Å²) < 4.78 is 16.8. The molecule has 2 aromatic rings. The molecule has 2 rings (SSSR count). The van der Waals surface area contributed by atoms with Gasteiger partial charge < -0.3 is 24.8 Å². The fourth-order valence-electron chi connectivity index (χ4n) is 3.01. The van der Waals surface area contributed by atoms with Gasteiger partial charge in [0.15, 0.2) is 18.1 Å². The number of methoxy groups -OCH3 is 1. The van der Waals surface area contributed by atoms with Crippen molar-refractivity contribution in [1.29, 1.82) is 0 Å². The molecule has 1 amide bonds. The summed E-state index contributed by atoms with van der Waals surface area (Å²) in [5.41, 5.74) is 1.98. The number of carbonyl (C=O) groups is 1. The smallest absolute Gasteiger partial charge is 0.258 e. The monoisotopic (exact) mass is 414 g/mol. The number of hydrogen-bond acceptors (Lipinski definition) is 5. The van der Waals surface area contributed by atoms with Gasteiger partial charge in [0.1, 0.15) is 5.75 Å². The summed E-state index contributed by atoms with van der Waals surface area (Å²) >= 11 is 0. The van der Waals surface area contributed by atoms with Gasteiger partial charge in [-0.2, -0.15) is 0 Å². The van der Waals surface area contributed by atoms with Crippen LogP contribution in [-0.4, -0.2) is 38.3 Å². The van der Waals surface area contributed by atoms with E-state index in [0.717, 1.165) is 24.3 Å². The molecule has 0 atom stereocenters. The lowest BCUT2D eigenvalue weighted by Crippen LogP contribution is -2.43. The second kappa shape index (κ2) is 11.5. The molecule has 30 heavy (non-hydrogen) atoms. The van der Waals surface area contributed by atoms with Gasteiger partial charge in [0.05, 0.1) is 13.7 Å². The van der Waals surface area contributed by atoms with E-state index in [2.05, 4.69) is 16.7 Å². The van der Waals surface area contributed by atoms with Crippen LogP contribution in [0.4, 0.5) is 0 Å². The summed E-state index contributed by atoms with van der Waals surface area (Å²) in [5, 5.41) is 6.33. The molecule has 0 fully saturated rings. The molecule has 0 aliphatic rings. The Labute approximate surface area is 179 Å². The first-order chi connectivity index (χ1) is 14.3. The molecule has 164 valence electrons. The molecule has 2 N–H and O–H groups in total. The van der Waals surface area contributed by atoms with Crippen molar-refractivity contribution in [1.82, 2.24) is 10.6 Å². The van der Waals surface area contributed by atoms with Gasteiger partial charge in [0.2, 0.25) is 0 Å². The van der Waals surface area contributed by atoms with Gasteiger partial charge in [0.25, 0.3) is 5.91 Å². The van der Waals surface area contributed by atoms with Gasteiger partial charge in [-0.15, -0.1) is 0 Å². The highest BCUT2D eigenvalue weighted by atomic mass is 16.5. The molecule has 6 nitrogen and oxygen atoms in total. The molecule has 0 aromatic heterocycles. The van der Waals surface area contributed by atoms with Crippen LogP contribution in [0, 0.1) is 0 Å². The van der Waals surface area contributed by atoms with Gasteiger partial charge in [-0.25, -0.2) is 0 Å². The Balaban J connectivity index is 1.89. The quantitative estimate of drug-likeness (QED) is 0.549. The molecule has 0 aliphatic carbocycles. The number of nitrogens with one attached hydrogen (secondary N) is 2. The minimum absolute atomic E-state index is 0.0478. The van der Waals surface area contributed by atoms with Crippen LogP contribution >= 0.6 is 0 Å². The van der Waals surface area contributed by atoms with Crippen LogP contribution in [0.3, 0.4) is 0 Å². The molecule has 0 saturated carbocycles. The van der Waals surface area contributed by atoms with E-state index in [1.54, 1.807) is 7.11 Å². The summed E-state index contributed by atoms with van der Waals surface area (Å²) in [6.45, 7) is 9.75. The third-order valence-electron chi connectivity index (χ3n) is 4.27. The van der Waals surface area contributed by atoms with E-state index in [-0.39, 0.29) is 18.1 Å². The maximum atomic E-state index is 12.0. The highest BCUT2D eigenvalue weighted by molar-refractivity contribution is 5.78. The van der Waals surface area contributed by atoms with Crippen LogP contribution < -0.4 is 24.8 Å². The van der Waals surface area contributed by atoms with E-state index in [4.69, 9.17) is 14.2 Å². The molecule has 6 heteroatoms. The molecular formula is C24H34N2O4. The first-order valence-corrected chi connectivity index (χ1v) is 10.3. The Bertz CT molecular complexity index is 815. The fraction of sp³-hybridized carbons (Fsp3) is 0.458. The zero-order chi connectivity index (χ0) is 22.0. The minimum atomic E-state index is -0.289. The molecule has 0 heterocycles. The van der Waals surface area contributed by atoms with E-state index < -0.39 is 0 Å². The molecule has 0 bridgehead atoms. The predicted molar refractivity (Wildman–Crippen MR) is 119 cm³/mol. The number of para-hydroxylation sites is 1. The first-order valence-electron chi connectivity index (χ1n) is 10.3. The van der Waals surface area contributed by atoms with Crippen molar-refractivity contribution in [3.8, 4) is 17.2 Å². The number of hydrogen-bond donors (Lipinski definition) is 2. The highest BCUT2D eigenvalue weighted by Gasteiger charge is 2.15. The van der Waals surface area contributed by atoms with Crippen LogP contribution in [0.2, 0.25) is 0 Å². The zero-order valence-corrected chi connectivity index (χ0v) is 18.7. The van der Waals surface area contributed by atoms with Gasteiger partial charge in [-0.1, -0.05) is 24.3 Å². The van der Waals surface area contributed by atoms with Crippen LogP contribution in [0.1, 0.15) is 38.8 Å². The molecular weight excluding hydrogens is 380 g/mol. The zero-order valence-electron chi connectivity index (χ0n) is 18.7. The summed E-state index contributed by atoms with van der Waals surface area (Å²) in [7, 11) is 1.69. The minimum Gasteiger partial charge on any atom is -0.496 e. The fourth-order valence-corrected chi connectivity index (χ4v) is 3.01. The standard InChI is InChI=1S/C24H34N2O4/c1-6-29-22-15-18(11-12-21(22)30-17-23(27)26-24(2,3)4)16-25-14-13-19-9-7-8-10-20(19)28-5/h7-12,15,25H,6,13-14,16-17H2,1-5H3,(H,26,27). The lowest BCUT2D eigenvalue weighted by Gasteiger charge is -2.21. The van der Waals surface area contributed by atoms with Crippen LogP contribution in [-0.2, 0) is 17.8 Å². The Morgan fingerprint density at radius 2 is 1.77 bits per heavy atom. The maximum Gasteiger partial charge on any atom is 0.258 e. The van der Waals surface area contributed by atoms with Crippen LogP contribution in [0.25, 0.3) is 0 Å². The molecule has 2 aromatic carbocycles. The molecule has 0 aliphatic heterocycles. The van der Waals surface area contributed by atoms with Crippen LogP contribution in [0.5, 0.6) is 17.2 Å². The number of rotatable bonds is 11. The van der Waals surface area contributed by atoms with Gasteiger partial charge >= 0.3 is 0 Å². The molecule has 0 radical (unpaired) electrons. The maximum absolute atomic E-state index is 12.0. The van der Waals surface area contributed by atoms with Crippen molar-refractivity contribution in [2.24, 2.45) is 0 Å². The van der Waals surface area contributed by atoms with Crippen molar-refractivity contribution in [3.05, 3.63) is 53.6 Å². The summed E-state index contributed by atoms with van der Waals surface area (Å²) in [5.74, 6) is 1.96. The Hall–Kier alpha value is -2.73. The summed E-state index contributed by atoms with van der Waals surface area (Å²) in [6, 6.07) is 13.8. The summed E-state index contributed by atoms with van der Waals surface area (Å²) in [4.78, 5) is 12.0. The molecule has 0 spiro atoms. The van der Waals surface area contributed by atoms with E-state index >= 15 is 0 Å². The lowest BCUT2D eigenvalue weighted by molar-refractivity contribution is -0.124. The third-order valence-corrected chi connectivity index (χ3v) is 4.27. The second-order valence-electron chi connectivity index (χ2n) is 8.04. The summed E-state index contributed by atoms with van der Waals surface area (Å²) in [6.07, 6.45) is 0.881. The largest absolute Gasteiger partial charge is 0.496 e. The average molecular weight is 415 g/mol. The Morgan fingerprint density at radius 1 is 1.00 bits per heavy atom. The number of carbonyl (C=O) groups excluding carboxylic acids is 1. The van der Waals surface area contributed by atoms with Crippen molar-refractivity contribution in [3.63, 3.8) is 0 Å². The van der Waals surface area contributed by atoms with Crippen molar-refractivity contribution >= 4 is 5.91 Å².